The third-order valence-corrected chi connectivity index (χ3v) is 2.30. The lowest BCUT2D eigenvalue weighted by Gasteiger charge is -2.04. The Morgan fingerprint density at radius 2 is 1.77 bits per heavy atom. The minimum Gasteiger partial charge on any atom is -0.427 e. The summed E-state index contributed by atoms with van der Waals surface area (Å²) in [4.78, 5) is 22.0. The highest BCUT2D eigenvalue weighted by Crippen LogP contribution is 2.14. The van der Waals surface area contributed by atoms with Crippen LogP contribution in [-0.2, 0) is 0 Å². The van der Waals surface area contributed by atoms with Crippen molar-refractivity contribution < 1.29 is 9.21 Å². The molecule has 1 heterocycles. The van der Waals surface area contributed by atoms with Gasteiger partial charge in [0.25, 0.3) is 5.24 Å². The van der Waals surface area contributed by atoms with Gasteiger partial charge in [0.2, 0.25) is 0 Å². The molecule has 1 aromatic heterocycles. The number of aryl methyl sites for hydroxylation is 1. The summed E-state index contributed by atoms with van der Waals surface area (Å²) in [7, 11) is 0. The van der Waals surface area contributed by atoms with E-state index in [-0.39, 0.29) is 5.56 Å². The first-order valence-corrected chi connectivity index (χ1v) is 4.13. The summed E-state index contributed by atoms with van der Waals surface area (Å²) in [5.74, 6) is 0.518. The average Bonchev–Trinajstić information content (AvgIpc) is 1.99. The standard InChI is InChI=1S/C9H9ClO3/c1-4-5(2)7(8(10)11)9(12)13-6(4)3/h1-3H3. The Balaban J connectivity index is 3.63. The van der Waals surface area contributed by atoms with Crippen LogP contribution in [0.25, 0.3) is 0 Å². The molecule has 1 rings (SSSR count). The van der Waals surface area contributed by atoms with Crippen LogP contribution in [0.2, 0.25) is 0 Å². The van der Waals surface area contributed by atoms with Crippen LogP contribution in [0.3, 0.4) is 0 Å². The molecule has 0 aliphatic carbocycles. The molecule has 0 amide bonds. The topological polar surface area (TPSA) is 47.3 Å². The van der Waals surface area contributed by atoms with Crippen molar-refractivity contribution in [1.82, 2.24) is 0 Å². The lowest BCUT2D eigenvalue weighted by molar-refractivity contribution is 0.107. The third kappa shape index (κ3) is 1.65. The quantitative estimate of drug-likeness (QED) is 0.651. The predicted octanol–water partition coefficient (Wildman–Crippen LogP) is 1.94. The van der Waals surface area contributed by atoms with Gasteiger partial charge in [0.05, 0.1) is 0 Å². The molecule has 0 saturated heterocycles. The second-order valence-corrected chi connectivity index (χ2v) is 3.19. The van der Waals surface area contributed by atoms with Gasteiger partial charge in [-0.15, -0.1) is 0 Å². The minimum absolute atomic E-state index is 0.0650. The number of halogens is 1. The van der Waals surface area contributed by atoms with Crippen molar-refractivity contribution in [1.29, 1.82) is 0 Å². The van der Waals surface area contributed by atoms with Crippen LogP contribution in [0.4, 0.5) is 0 Å². The van der Waals surface area contributed by atoms with Crippen molar-refractivity contribution >= 4 is 16.8 Å². The maximum absolute atomic E-state index is 11.2. The van der Waals surface area contributed by atoms with E-state index in [1.165, 1.54) is 0 Å². The summed E-state index contributed by atoms with van der Waals surface area (Å²) in [6.07, 6.45) is 0. The molecule has 13 heavy (non-hydrogen) atoms. The molecule has 0 radical (unpaired) electrons. The Bertz CT molecular complexity index is 418. The van der Waals surface area contributed by atoms with Gasteiger partial charge in [-0.25, -0.2) is 4.79 Å². The summed E-state index contributed by atoms with van der Waals surface area (Å²) in [6.45, 7) is 5.12. The number of rotatable bonds is 1. The van der Waals surface area contributed by atoms with Crippen LogP contribution in [0.5, 0.6) is 0 Å². The van der Waals surface area contributed by atoms with Crippen LogP contribution in [0.15, 0.2) is 9.21 Å². The monoisotopic (exact) mass is 200 g/mol. The molecular formula is C9H9ClO3. The van der Waals surface area contributed by atoms with Crippen LogP contribution in [0, 0.1) is 20.8 Å². The Morgan fingerprint density at radius 1 is 1.23 bits per heavy atom. The highest BCUT2D eigenvalue weighted by molar-refractivity contribution is 6.67. The maximum atomic E-state index is 11.2. The second-order valence-electron chi connectivity index (χ2n) is 2.84. The predicted molar refractivity (Wildman–Crippen MR) is 49.4 cm³/mol. The maximum Gasteiger partial charge on any atom is 0.348 e. The average molecular weight is 201 g/mol. The molecule has 0 N–H and O–H groups in total. The molecule has 0 saturated carbocycles. The van der Waals surface area contributed by atoms with Crippen LogP contribution in [0.1, 0.15) is 27.2 Å². The van der Waals surface area contributed by atoms with Gasteiger partial charge in [0.1, 0.15) is 11.3 Å². The lowest BCUT2D eigenvalue weighted by Crippen LogP contribution is -2.14. The molecular weight excluding hydrogens is 192 g/mol. The molecule has 0 bridgehead atoms. The van der Waals surface area contributed by atoms with E-state index >= 15 is 0 Å². The molecule has 3 nitrogen and oxygen atoms in total. The van der Waals surface area contributed by atoms with Crippen molar-refractivity contribution in [2.75, 3.05) is 0 Å². The number of hydrogen-bond acceptors (Lipinski definition) is 3. The number of carbonyl (C=O) groups is 1. The van der Waals surface area contributed by atoms with E-state index in [9.17, 15) is 9.59 Å². The summed E-state index contributed by atoms with van der Waals surface area (Å²) >= 11 is 5.24. The van der Waals surface area contributed by atoms with Crippen molar-refractivity contribution in [2.24, 2.45) is 0 Å². The molecule has 70 valence electrons. The zero-order valence-corrected chi connectivity index (χ0v) is 8.36. The Morgan fingerprint density at radius 3 is 2.23 bits per heavy atom. The minimum atomic E-state index is -0.769. The largest absolute Gasteiger partial charge is 0.427 e. The van der Waals surface area contributed by atoms with Crippen molar-refractivity contribution in [3.63, 3.8) is 0 Å². The van der Waals surface area contributed by atoms with Crippen molar-refractivity contribution in [3.8, 4) is 0 Å². The van der Waals surface area contributed by atoms with Gasteiger partial charge in [0.15, 0.2) is 0 Å². The fraction of sp³-hybridized carbons (Fsp3) is 0.333. The van der Waals surface area contributed by atoms with Crippen molar-refractivity contribution in [2.45, 2.75) is 20.8 Å². The molecule has 0 aliphatic rings. The summed E-state index contributed by atoms with van der Waals surface area (Å²) in [6, 6.07) is 0. The van der Waals surface area contributed by atoms with E-state index in [4.69, 9.17) is 16.0 Å². The van der Waals surface area contributed by atoms with E-state index in [1.807, 2.05) is 0 Å². The molecule has 4 heteroatoms. The SMILES string of the molecule is Cc1oc(=O)c(C(=O)Cl)c(C)c1C. The summed E-state index contributed by atoms with van der Waals surface area (Å²) < 4.78 is 4.82. The van der Waals surface area contributed by atoms with Crippen molar-refractivity contribution in [3.05, 3.63) is 32.9 Å². The smallest absolute Gasteiger partial charge is 0.348 e. The molecule has 0 fully saturated rings. The molecule has 1 aromatic rings. The van der Waals surface area contributed by atoms with E-state index in [0.29, 0.717) is 11.3 Å². The molecule has 0 aromatic carbocycles. The normalized spacial score (nSPS) is 10.2. The number of carbonyl (C=O) groups excluding carboxylic acids is 1. The van der Waals surface area contributed by atoms with E-state index in [2.05, 4.69) is 0 Å². The van der Waals surface area contributed by atoms with E-state index < -0.39 is 10.9 Å². The molecule has 0 unspecified atom stereocenters. The Kier molecular flexibility index (Phi) is 2.57. The van der Waals surface area contributed by atoms with Crippen LogP contribution < -0.4 is 5.63 Å². The lowest BCUT2D eigenvalue weighted by atomic mass is 10.1. The molecule has 0 atom stereocenters. The summed E-state index contributed by atoms with van der Waals surface area (Å²) in [5.41, 5.74) is 0.641. The first-order valence-electron chi connectivity index (χ1n) is 3.76. The van der Waals surface area contributed by atoms with Crippen LogP contribution >= 0.6 is 11.6 Å². The van der Waals surface area contributed by atoms with Gasteiger partial charge < -0.3 is 4.42 Å². The van der Waals surface area contributed by atoms with Crippen LogP contribution in [-0.4, -0.2) is 5.24 Å². The number of hydrogen-bond donors (Lipinski definition) is 0. The van der Waals surface area contributed by atoms with Gasteiger partial charge in [-0.05, 0) is 43.5 Å². The Labute approximate surface area is 80.3 Å². The highest BCUT2D eigenvalue weighted by Gasteiger charge is 2.16. The zero-order chi connectivity index (χ0) is 10.2. The Hall–Kier alpha value is -1.09. The highest BCUT2D eigenvalue weighted by atomic mass is 35.5. The first-order chi connectivity index (χ1) is 5.95. The first kappa shape index (κ1) is 9.99. The van der Waals surface area contributed by atoms with E-state index in [0.717, 1.165) is 5.56 Å². The second kappa shape index (κ2) is 3.34. The fourth-order valence-electron chi connectivity index (χ4n) is 1.10. The van der Waals surface area contributed by atoms with Gasteiger partial charge >= 0.3 is 5.63 Å². The van der Waals surface area contributed by atoms with Gasteiger partial charge in [-0.1, -0.05) is 0 Å². The molecule has 0 aliphatic heterocycles. The molecule has 0 spiro atoms. The van der Waals surface area contributed by atoms with Gasteiger partial charge in [-0.2, -0.15) is 0 Å². The van der Waals surface area contributed by atoms with Gasteiger partial charge in [0, 0.05) is 0 Å². The van der Waals surface area contributed by atoms with Gasteiger partial charge in [-0.3, -0.25) is 4.79 Å². The third-order valence-electron chi connectivity index (χ3n) is 2.11. The fourth-order valence-corrected chi connectivity index (χ4v) is 1.32. The zero-order valence-electron chi connectivity index (χ0n) is 7.60. The summed E-state index contributed by atoms with van der Waals surface area (Å²) in [5, 5.41) is -0.769. The van der Waals surface area contributed by atoms with E-state index in [1.54, 1.807) is 20.8 Å².